The summed E-state index contributed by atoms with van der Waals surface area (Å²) in [6.07, 6.45) is -0.128. The van der Waals surface area contributed by atoms with Crippen LogP contribution in [0, 0.1) is 11.3 Å². The summed E-state index contributed by atoms with van der Waals surface area (Å²) in [5.74, 6) is -0.603. The fraction of sp³-hybridized carbons (Fsp3) is 0.192. The predicted molar refractivity (Wildman–Crippen MR) is 122 cm³/mol. The lowest BCUT2D eigenvalue weighted by Crippen LogP contribution is -2.47. The molecule has 0 spiro atoms. The minimum Gasteiger partial charge on any atom is -0.497 e. The van der Waals surface area contributed by atoms with Gasteiger partial charge in [-0.05, 0) is 28.8 Å². The summed E-state index contributed by atoms with van der Waals surface area (Å²) in [5.41, 5.74) is 2.50. The molecule has 0 heterocycles. The van der Waals surface area contributed by atoms with Crippen LogP contribution in [0.2, 0.25) is 0 Å². The third kappa shape index (κ3) is 5.96. The van der Waals surface area contributed by atoms with Gasteiger partial charge in [-0.3, -0.25) is 9.59 Å². The Hall–Kier alpha value is -4.11. The molecule has 0 aliphatic rings. The van der Waals surface area contributed by atoms with E-state index in [0.29, 0.717) is 0 Å². The van der Waals surface area contributed by atoms with Crippen LogP contribution in [0.4, 0.5) is 0 Å². The number of nitrogens with zero attached hydrogens (tertiary/aromatic N) is 1. The predicted octanol–water partition coefficient (Wildman–Crippen LogP) is 3.54. The highest BCUT2D eigenvalue weighted by Crippen LogP contribution is 2.25. The lowest BCUT2D eigenvalue weighted by molar-refractivity contribution is -0.129. The molecular weight excluding hydrogens is 402 g/mol. The number of methoxy groups -OCH3 is 1. The molecule has 0 bridgehead atoms. The molecule has 1 unspecified atom stereocenters. The molecule has 6 heteroatoms. The van der Waals surface area contributed by atoms with Gasteiger partial charge in [0.1, 0.15) is 11.8 Å². The average Bonchev–Trinajstić information content (AvgIpc) is 2.84. The molecule has 162 valence electrons. The number of nitriles is 1. The maximum Gasteiger partial charge on any atom is 0.243 e. The number of ether oxygens (including phenoxy) is 1. The van der Waals surface area contributed by atoms with Crippen molar-refractivity contribution in [3.8, 4) is 11.8 Å². The van der Waals surface area contributed by atoms with Crippen LogP contribution in [-0.4, -0.2) is 25.0 Å². The summed E-state index contributed by atoms with van der Waals surface area (Å²) in [5, 5.41) is 14.8. The molecule has 0 saturated carbocycles. The van der Waals surface area contributed by atoms with E-state index in [0.717, 1.165) is 22.4 Å². The summed E-state index contributed by atoms with van der Waals surface area (Å²) < 4.78 is 5.13. The SMILES string of the molecule is COc1ccc(CNC(=O)C(CC#N)NC(=O)C(c2ccccc2)c2ccccc2)cc1. The number of carbonyl (C=O) groups is 2. The van der Waals surface area contributed by atoms with E-state index >= 15 is 0 Å². The Morgan fingerprint density at radius 2 is 1.44 bits per heavy atom. The fourth-order valence-electron chi connectivity index (χ4n) is 3.40. The molecule has 0 aromatic heterocycles. The van der Waals surface area contributed by atoms with Crippen molar-refractivity contribution in [3.63, 3.8) is 0 Å². The largest absolute Gasteiger partial charge is 0.497 e. The lowest BCUT2D eigenvalue weighted by Gasteiger charge is -2.22. The summed E-state index contributed by atoms with van der Waals surface area (Å²) in [7, 11) is 1.59. The van der Waals surface area contributed by atoms with Crippen molar-refractivity contribution in [2.75, 3.05) is 7.11 Å². The maximum atomic E-state index is 13.3. The Morgan fingerprint density at radius 3 is 1.94 bits per heavy atom. The van der Waals surface area contributed by atoms with Crippen LogP contribution in [0.15, 0.2) is 84.9 Å². The first-order chi connectivity index (χ1) is 15.6. The summed E-state index contributed by atoms with van der Waals surface area (Å²) >= 11 is 0. The molecule has 3 aromatic rings. The molecule has 1 atom stereocenters. The highest BCUT2D eigenvalue weighted by atomic mass is 16.5. The van der Waals surface area contributed by atoms with Crippen LogP contribution >= 0.6 is 0 Å². The normalized spacial score (nSPS) is 11.3. The Morgan fingerprint density at radius 1 is 0.875 bits per heavy atom. The molecule has 2 N–H and O–H groups in total. The van der Waals surface area contributed by atoms with Crippen LogP contribution in [0.1, 0.15) is 29.0 Å². The van der Waals surface area contributed by atoms with Crippen LogP contribution in [0.3, 0.4) is 0 Å². The van der Waals surface area contributed by atoms with E-state index in [1.54, 1.807) is 19.2 Å². The van der Waals surface area contributed by atoms with E-state index in [-0.39, 0.29) is 18.9 Å². The van der Waals surface area contributed by atoms with Gasteiger partial charge in [-0.2, -0.15) is 5.26 Å². The van der Waals surface area contributed by atoms with Crippen LogP contribution in [-0.2, 0) is 16.1 Å². The van der Waals surface area contributed by atoms with Crippen LogP contribution in [0.5, 0.6) is 5.75 Å². The summed E-state index contributed by atoms with van der Waals surface area (Å²) in [6, 6.07) is 27.1. The van der Waals surface area contributed by atoms with Gasteiger partial charge in [0, 0.05) is 6.54 Å². The first-order valence-electron chi connectivity index (χ1n) is 10.3. The number of hydrogen-bond acceptors (Lipinski definition) is 4. The highest BCUT2D eigenvalue weighted by Gasteiger charge is 2.27. The first kappa shape index (κ1) is 22.6. The molecule has 0 aliphatic carbocycles. The fourth-order valence-corrected chi connectivity index (χ4v) is 3.40. The second-order valence-electron chi connectivity index (χ2n) is 7.24. The van der Waals surface area contributed by atoms with Gasteiger partial charge in [-0.25, -0.2) is 0 Å². The Kier molecular flexibility index (Phi) is 7.99. The van der Waals surface area contributed by atoms with Gasteiger partial charge in [0.05, 0.1) is 25.5 Å². The Labute approximate surface area is 187 Å². The number of hydrogen-bond donors (Lipinski definition) is 2. The molecule has 0 aliphatic heterocycles. The van der Waals surface area contributed by atoms with E-state index in [1.165, 1.54) is 0 Å². The van der Waals surface area contributed by atoms with Gasteiger partial charge < -0.3 is 15.4 Å². The first-order valence-corrected chi connectivity index (χ1v) is 10.3. The van der Waals surface area contributed by atoms with Crippen molar-refractivity contribution in [2.45, 2.75) is 24.9 Å². The number of nitrogens with one attached hydrogen (secondary N) is 2. The molecule has 3 rings (SSSR count). The third-order valence-electron chi connectivity index (χ3n) is 5.08. The van der Waals surface area contributed by atoms with Gasteiger partial charge in [-0.1, -0.05) is 72.8 Å². The van der Waals surface area contributed by atoms with Crippen LogP contribution in [0.25, 0.3) is 0 Å². The average molecular weight is 428 g/mol. The van der Waals surface area contributed by atoms with Crippen molar-refractivity contribution in [1.29, 1.82) is 5.26 Å². The zero-order valence-electron chi connectivity index (χ0n) is 17.8. The third-order valence-corrected chi connectivity index (χ3v) is 5.08. The molecule has 0 fully saturated rings. The zero-order chi connectivity index (χ0) is 22.8. The highest BCUT2D eigenvalue weighted by molar-refractivity contribution is 5.92. The standard InChI is InChI=1S/C26H25N3O3/c1-32-22-14-12-19(13-15-22)18-28-25(30)23(16-17-27)29-26(31)24(20-8-4-2-5-9-20)21-10-6-3-7-11-21/h2-15,23-24H,16,18H2,1H3,(H,28,30)(H,29,31). The second kappa shape index (κ2) is 11.3. The Balaban J connectivity index is 1.73. The van der Waals surface area contributed by atoms with Crippen LogP contribution < -0.4 is 15.4 Å². The van der Waals surface area contributed by atoms with E-state index in [2.05, 4.69) is 10.6 Å². The molecule has 0 radical (unpaired) electrons. The van der Waals surface area contributed by atoms with Gasteiger partial charge in [0.2, 0.25) is 11.8 Å². The minimum absolute atomic E-state index is 0.128. The molecule has 0 saturated heterocycles. The van der Waals surface area contributed by atoms with Crippen molar-refractivity contribution in [1.82, 2.24) is 10.6 Å². The minimum atomic E-state index is -0.958. The van der Waals surface area contributed by atoms with Gasteiger partial charge in [-0.15, -0.1) is 0 Å². The van der Waals surface area contributed by atoms with Gasteiger partial charge >= 0.3 is 0 Å². The van der Waals surface area contributed by atoms with Crippen molar-refractivity contribution in [3.05, 3.63) is 102 Å². The number of carbonyl (C=O) groups excluding carboxylic acids is 2. The Bertz CT molecular complexity index is 1020. The van der Waals surface area contributed by atoms with Gasteiger partial charge in [0.25, 0.3) is 0 Å². The quantitative estimate of drug-likeness (QED) is 0.546. The molecular formula is C26H25N3O3. The smallest absolute Gasteiger partial charge is 0.243 e. The van der Waals surface area contributed by atoms with Crippen molar-refractivity contribution in [2.24, 2.45) is 0 Å². The zero-order valence-corrected chi connectivity index (χ0v) is 17.8. The van der Waals surface area contributed by atoms with E-state index < -0.39 is 17.9 Å². The van der Waals surface area contributed by atoms with E-state index in [9.17, 15) is 14.9 Å². The number of benzene rings is 3. The maximum absolute atomic E-state index is 13.3. The molecule has 32 heavy (non-hydrogen) atoms. The monoisotopic (exact) mass is 427 g/mol. The molecule has 2 amide bonds. The number of amides is 2. The second-order valence-corrected chi connectivity index (χ2v) is 7.24. The van der Waals surface area contributed by atoms with Crippen molar-refractivity contribution < 1.29 is 14.3 Å². The number of rotatable bonds is 9. The molecule has 3 aromatic carbocycles. The molecule has 6 nitrogen and oxygen atoms in total. The van der Waals surface area contributed by atoms with Gasteiger partial charge in [0.15, 0.2) is 0 Å². The van der Waals surface area contributed by atoms with E-state index in [1.807, 2.05) is 78.9 Å². The lowest BCUT2D eigenvalue weighted by atomic mass is 9.90. The summed E-state index contributed by atoms with van der Waals surface area (Å²) in [6.45, 7) is 0.279. The van der Waals surface area contributed by atoms with E-state index in [4.69, 9.17) is 4.74 Å². The topological polar surface area (TPSA) is 91.2 Å². The summed E-state index contributed by atoms with van der Waals surface area (Å²) in [4.78, 5) is 26.0. The van der Waals surface area contributed by atoms with Crippen molar-refractivity contribution >= 4 is 11.8 Å².